The fourth-order valence-corrected chi connectivity index (χ4v) is 3.63. The lowest BCUT2D eigenvalue weighted by Gasteiger charge is -2.23. The number of amides is 1. The predicted octanol–water partition coefficient (Wildman–Crippen LogP) is 1.14. The van der Waals surface area contributed by atoms with Gasteiger partial charge in [0.1, 0.15) is 5.82 Å². The van der Waals surface area contributed by atoms with Crippen molar-refractivity contribution in [3.05, 3.63) is 28.0 Å². The molecule has 1 aliphatic heterocycles. The monoisotopic (exact) mass is 380 g/mol. The third-order valence-electron chi connectivity index (χ3n) is 3.21. The first-order valence-corrected chi connectivity index (χ1v) is 8.38. The van der Waals surface area contributed by atoms with Crippen LogP contribution < -0.4 is 10.5 Å². The Hall–Kier alpha value is -1.03. The maximum Gasteiger partial charge on any atom is 0.254 e. The van der Waals surface area contributed by atoms with Crippen LogP contribution in [0.3, 0.4) is 0 Å². The van der Waals surface area contributed by atoms with Crippen molar-refractivity contribution in [1.82, 2.24) is 5.32 Å². The zero-order valence-electron chi connectivity index (χ0n) is 11.2. The first-order chi connectivity index (χ1) is 9.62. The third kappa shape index (κ3) is 3.60. The molecule has 2 rings (SSSR count). The Labute approximate surface area is 130 Å². The fourth-order valence-electron chi connectivity index (χ4n) is 2.03. The standard InChI is InChI=1S/C12H14BrFN2O4S/c1-12(2-3-20-6-12)16-11(17)7-4-10(21(15,18)19)8(13)5-9(7)14/h4-5H,2-3,6H2,1H3,(H,16,17)(H2,15,18,19). The topological polar surface area (TPSA) is 98.5 Å². The van der Waals surface area contributed by atoms with Gasteiger partial charge in [-0.3, -0.25) is 4.79 Å². The van der Waals surface area contributed by atoms with E-state index in [4.69, 9.17) is 9.88 Å². The van der Waals surface area contributed by atoms with Crippen molar-refractivity contribution >= 4 is 31.9 Å². The molecule has 9 heteroatoms. The molecule has 1 aromatic carbocycles. The van der Waals surface area contributed by atoms with Crippen molar-refractivity contribution in [3.8, 4) is 0 Å². The predicted molar refractivity (Wildman–Crippen MR) is 76.8 cm³/mol. The van der Waals surface area contributed by atoms with Crippen LogP contribution >= 0.6 is 15.9 Å². The molecule has 0 radical (unpaired) electrons. The summed E-state index contributed by atoms with van der Waals surface area (Å²) in [6, 6.07) is 1.82. The number of carbonyl (C=O) groups excluding carboxylic acids is 1. The van der Waals surface area contributed by atoms with Crippen LogP contribution in [0, 0.1) is 5.82 Å². The molecule has 1 heterocycles. The van der Waals surface area contributed by atoms with Crippen LogP contribution in [0.4, 0.5) is 4.39 Å². The quantitative estimate of drug-likeness (QED) is 0.821. The number of carbonyl (C=O) groups is 1. The number of nitrogens with two attached hydrogens (primary N) is 1. The average Bonchev–Trinajstić information content (AvgIpc) is 2.73. The van der Waals surface area contributed by atoms with E-state index < -0.39 is 27.3 Å². The van der Waals surface area contributed by atoms with Gasteiger partial charge in [-0.05, 0) is 41.4 Å². The summed E-state index contributed by atoms with van der Waals surface area (Å²) in [5, 5.41) is 7.69. The van der Waals surface area contributed by atoms with Crippen LogP contribution in [0.2, 0.25) is 0 Å². The number of rotatable bonds is 3. The van der Waals surface area contributed by atoms with Gasteiger partial charge in [-0.25, -0.2) is 17.9 Å². The van der Waals surface area contributed by atoms with E-state index in [1.54, 1.807) is 6.92 Å². The molecule has 1 aliphatic rings. The molecule has 1 saturated heterocycles. The number of halogens is 2. The van der Waals surface area contributed by atoms with E-state index in [-0.39, 0.29) is 14.9 Å². The maximum atomic E-state index is 13.9. The molecule has 0 spiro atoms. The second kappa shape index (κ2) is 5.64. The van der Waals surface area contributed by atoms with E-state index in [9.17, 15) is 17.6 Å². The summed E-state index contributed by atoms with van der Waals surface area (Å²) in [6.07, 6.45) is 0.596. The van der Waals surface area contributed by atoms with E-state index in [0.717, 1.165) is 12.1 Å². The Morgan fingerprint density at radius 1 is 1.52 bits per heavy atom. The van der Waals surface area contributed by atoms with Gasteiger partial charge < -0.3 is 10.1 Å². The number of ether oxygens (including phenoxy) is 1. The second-order valence-electron chi connectivity index (χ2n) is 5.12. The molecule has 6 nitrogen and oxygen atoms in total. The Morgan fingerprint density at radius 3 is 2.71 bits per heavy atom. The lowest BCUT2D eigenvalue weighted by molar-refractivity contribution is 0.0885. The van der Waals surface area contributed by atoms with Crippen LogP contribution in [0.5, 0.6) is 0 Å². The van der Waals surface area contributed by atoms with Crippen molar-refractivity contribution in [1.29, 1.82) is 0 Å². The smallest absolute Gasteiger partial charge is 0.254 e. The Balaban J connectivity index is 2.37. The van der Waals surface area contributed by atoms with Gasteiger partial charge in [-0.15, -0.1) is 0 Å². The summed E-state index contributed by atoms with van der Waals surface area (Å²) in [5.74, 6) is -1.55. The van der Waals surface area contributed by atoms with Crippen molar-refractivity contribution in [2.75, 3.05) is 13.2 Å². The molecule has 1 amide bonds. The van der Waals surface area contributed by atoms with Gasteiger partial charge >= 0.3 is 0 Å². The minimum atomic E-state index is -4.07. The summed E-state index contributed by atoms with van der Waals surface area (Å²) >= 11 is 2.91. The summed E-state index contributed by atoms with van der Waals surface area (Å²) < 4.78 is 41.9. The van der Waals surface area contributed by atoms with E-state index >= 15 is 0 Å². The number of primary sulfonamides is 1. The summed E-state index contributed by atoms with van der Waals surface area (Å²) in [6.45, 7) is 2.59. The zero-order chi connectivity index (χ0) is 15.8. The SMILES string of the molecule is CC1(NC(=O)c2cc(S(N)(=O)=O)c(Br)cc2F)CCOC1. The molecule has 21 heavy (non-hydrogen) atoms. The number of benzene rings is 1. The molecule has 1 fully saturated rings. The van der Waals surface area contributed by atoms with Gasteiger partial charge in [0, 0.05) is 11.1 Å². The molecule has 1 aromatic rings. The highest BCUT2D eigenvalue weighted by atomic mass is 79.9. The number of nitrogens with one attached hydrogen (secondary N) is 1. The van der Waals surface area contributed by atoms with Gasteiger partial charge in [0.15, 0.2) is 0 Å². The molecule has 0 bridgehead atoms. The average molecular weight is 381 g/mol. The van der Waals surface area contributed by atoms with Gasteiger partial charge in [-0.2, -0.15) is 0 Å². The molecule has 0 aromatic heterocycles. The molecule has 0 aliphatic carbocycles. The first kappa shape index (κ1) is 16.3. The van der Waals surface area contributed by atoms with E-state index in [0.29, 0.717) is 19.6 Å². The highest BCUT2D eigenvalue weighted by Crippen LogP contribution is 2.25. The number of hydrogen-bond donors (Lipinski definition) is 2. The minimum absolute atomic E-state index is 0.0329. The Bertz CT molecular complexity index is 687. The lowest BCUT2D eigenvalue weighted by atomic mass is 10.0. The maximum absolute atomic E-state index is 13.9. The normalized spacial score (nSPS) is 22.3. The second-order valence-corrected chi connectivity index (χ2v) is 7.51. The molecule has 3 N–H and O–H groups in total. The largest absolute Gasteiger partial charge is 0.379 e. The van der Waals surface area contributed by atoms with Crippen LogP contribution in [-0.2, 0) is 14.8 Å². The van der Waals surface area contributed by atoms with Crippen molar-refractivity contribution in [3.63, 3.8) is 0 Å². The number of hydrogen-bond acceptors (Lipinski definition) is 4. The van der Waals surface area contributed by atoms with Crippen LogP contribution in [0.15, 0.2) is 21.5 Å². The lowest BCUT2D eigenvalue weighted by Crippen LogP contribution is -2.46. The molecular weight excluding hydrogens is 367 g/mol. The molecule has 1 unspecified atom stereocenters. The Kier molecular flexibility index (Phi) is 4.39. The molecule has 1 atom stereocenters. The fraction of sp³-hybridized carbons (Fsp3) is 0.417. The highest BCUT2D eigenvalue weighted by Gasteiger charge is 2.32. The van der Waals surface area contributed by atoms with Crippen LogP contribution in [0.25, 0.3) is 0 Å². The van der Waals surface area contributed by atoms with Crippen LogP contribution in [0.1, 0.15) is 23.7 Å². The molecular formula is C12H14BrFN2O4S. The van der Waals surface area contributed by atoms with Gasteiger partial charge in [0.25, 0.3) is 5.91 Å². The Morgan fingerprint density at radius 2 is 2.19 bits per heavy atom. The zero-order valence-corrected chi connectivity index (χ0v) is 13.6. The highest BCUT2D eigenvalue weighted by molar-refractivity contribution is 9.10. The third-order valence-corrected chi connectivity index (χ3v) is 5.08. The van der Waals surface area contributed by atoms with Crippen molar-refractivity contribution < 1.29 is 22.3 Å². The van der Waals surface area contributed by atoms with Crippen molar-refractivity contribution in [2.24, 2.45) is 5.14 Å². The van der Waals surface area contributed by atoms with E-state index in [1.807, 2.05) is 0 Å². The van der Waals surface area contributed by atoms with Gasteiger partial charge in [0.2, 0.25) is 10.0 Å². The van der Waals surface area contributed by atoms with Gasteiger partial charge in [0.05, 0.1) is 22.6 Å². The first-order valence-electron chi connectivity index (χ1n) is 6.04. The summed E-state index contributed by atoms with van der Waals surface area (Å²) in [7, 11) is -4.07. The summed E-state index contributed by atoms with van der Waals surface area (Å²) in [4.78, 5) is 11.8. The molecule has 116 valence electrons. The molecule has 0 saturated carbocycles. The van der Waals surface area contributed by atoms with Crippen molar-refractivity contribution in [2.45, 2.75) is 23.8 Å². The van der Waals surface area contributed by atoms with Crippen LogP contribution in [-0.4, -0.2) is 33.1 Å². The van der Waals surface area contributed by atoms with E-state index in [1.165, 1.54) is 0 Å². The van der Waals surface area contributed by atoms with E-state index in [2.05, 4.69) is 21.2 Å². The minimum Gasteiger partial charge on any atom is -0.379 e. The summed E-state index contributed by atoms with van der Waals surface area (Å²) in [5.41, 5.74) is -0.978. The number of sulfonamides is 1. The van der Waals surface area contributed by atoms with Gasteiger partial charge in [-0.1, -0.05) is 0 Å².